The fourth-order valence-corrected chi connectivity index (χ4v) is 2.20. The largest absolute Gasteiger partial charge is 0.390 e. The number of likely N-dealkylation sites (N-methyl/N-ethyl adjacent to an activating group) is 1. The first kappa shape index (κ1) is 10.9. The fraction of sp³-hybridized carbons (Fsp3) is 1.00. The molecule has 0 bridgehead atoms. The van der Waals surface area contributed by atoms with Gasteiger partial charge < -0.3 is 10.4 Å². The maximum Gasteiger partial charge on any atom is 0.279 e. The average Bonchev–Trinajstić information content (AvgIpc) is 2.50. The molecule has 0 aromatic carbocycles. The van der Waals surface area contributed by atoms with E-state index in [0.717, 1.165) is 4.31 Å². The number of hydrogen-bond acceptors (Lipinski definition) is 4. The number of nitrogens with one attached hydrogen (secondary N) is 2. The van der Waals surface area contributed by atoms with Crippen LogP contribution in [0.3, 0.4) is 0 Å². The van der Waals surface area contributed by atoms with Gasteiger partial charge in [0.1, 0.15) is 0 Å². The van der Waals surface area contributed by atoms with Crippen LogP contribution in [0.2, 0.25) is 0 Å². The third-order valence-electron chi connectivity index (χ3n) is 2.26. The molecule has 0 saturated carbocycles. The number of β-amino-alcohol motifs (C(OH)–C–C–N with tert-alkyl or cyclic N) is 1. The summed E-state index contributed by atoms with van der Waals surface area (Å²) in [6.07, 6.45) is -0.631. The molecule has 0 radical (unpaired) electrons. The minimum Gasteiger partial charge on any atom is -0.390 e. The van der Waals surface area contributed by atoms with Gasteiger partial charge in [0.05, 0.1) is 12.1 Å². The maximum absolute atomic E-state index is 11.3. The number of hydrogen-bond donors (Lipinski definition) is 3. The number of nitrogens with zero attached hydrogens (tertiary/aromatic N) is 1. The second-order valence-corrected chi connectivity index (χ2v) is 4.95. The molecular weight excluding hydrogens is 194 g/mol. The van der Waals surface area contributed by atoms with Crippen LogP contribution in [0.4, 0.5) is 0 Å². The monoisotopic (exact) mass is 209 g/mol. The van der Waals surface area contributed by atoms with Crippen molar-refractivity contribution in [2.45, 2.75) is 12.1 Å². The van der Waals surface area contributed by atoms with Crippen molar-refractivity contribution in [3.05, 3.63) is 0 Å². The first-order valence-corrected chi connectivity index (χ1v) is 5.48. The number of aliphatic hydroxyl groups is 1. The molecule has 1 rings (SSSR count). The lowest BCUT2D eigenvalue weighted by atomic mass is 10.2. The Balaban J connectivity index is 2.72. The van der Waals surface area contributed by atoms with Crippen molar-refractivity contribution in [2.24, 2.45) is 0 Å². The van der Waals surface area contributed by atoms with Gasteiger partial charge in [0.25, 0.3) is 10.2 Å². The normalized spacial score (nSPS) is 29.8. The molecular formula is C6H15N3O3S. The number of rotatable bonds is 3. The Hall–Kier alpha value is -0.210. The van der Waals surface area contributed by atoms with Crippen molar-refractivity contribution in [2.75, 3.05) is 27.2 Å². The van der Waals surface area contributed by atoms with Gasteiger partial charge in [-0.2, -0.15) is 12.7 Å². The standard InChI is InChI=1S/C6H15N3O3S/c1-7-13(11,12)9(2)5-3-8-4-6(5)10/h5-8,10H,3-4H2,1-2H3/t5-,6-/m1/s1. The molecule has 2 atom stereocenters. The van der Waals surface area contributed by atoms with Crippen molar-refractivity contribution < 1.29 is 13.5 Å². The second kappa shape index (κ2) is 3.89. The molecule has 1 fully saturated rings. The molecule has 0 unspecified atom stereocenters. The van der Waals surface area contributed by atoms with Crippen molar-refractivity contribution in [1.29, 1.82) is 0 Å². The minimum absolute atomic E-state index is 0.377. The molecule has 0 aromatic heterocycles. The van der Waals surface area contributed by atoms with E-state index >= 15 is 0 Å². The highest BCUT2D eigenvalue weighted by Gasteiger charge is 2.33. The lowest BCUT2D eigenvalue weighted by molar-refractivity contribution is 0.136. The van der Waals surface area contributed by atoms with Crippen molar-refractivity contribution in [1.82, 2.24) is 14.3 Å². The topological polar surface area (TPSA) is 81.7 Å². The molecule has 13 heavy (non-hydrogen) atoms. The van der Waals surface area contributed by atoms with Gasteiger partial charge in [-0.3, -0.25) is 0 Å². The summed E-state index contributed by atoms with van der Waals surface area (Å²) in [5.41, 5.74) is 0. The van der Waals surface area contributed by atoms with Crippen LogP contribution in [0.5, 0.6) is 0 Å². The molecule has 1 heterocycles. The van der Waals surface area contributed by atoms with E-state index < -0.39 is 16.3 Å². The molecule has 0 aliphatic carbocycles. The van der Waals surface area contributed by atoms with E-state index in [0.29, 0.717) is 13.1 Å². The van der Waals surface area contributed by atoms with Crippen LogP contribution in [-0.2, 0) is 10.2 Å². The average molecular weight is 209 g/mol. The van der Waals surface area contributed by atoms with Crippen LogP contribution in [-0.4, -0.2) is 57.2 Å². The summed E-state index contributed by atoms with van der Waals surface area (Å²) in [7, 11) is -0.632. The van der Waals surface area contributed by atoms with Gasteiger partial charge in [-0.05, 0) is 0 Å². The number of aliphatic hydroxyl groups excluding tert-OH is 1. The Bertz CT molecular complexity index is 266. The summed E-state index contributed by atoms with van der Waals surface area (Å²) in [5.74, 6) is 0. The molecule has 6 nitrogen and oxygen atoms in total. The van der Waals surface area contributed by atoms with E-state index in [-0.39, 0.29) is 6.04 Å². The van der Waals surface area contributed by atoms with E-state index in [9.17, 15) is 13.5 Å². The molecule has 3 N–H and O–H groups in total. The molecule has 1 aliphatic heterocycles. The Morgan fingerprint density at radius 2 is 2.15 bits per heavy atom. The second-order valence-electron chi connectivity index (χ2n) is 3.02. The molecule has 7 heteroatoms. The first-order valence-electron chi connectivity index (χ1n) is 4.04. The summed E-state index contributed by atoms with van der Waals surface area (Å²) >= 11 is 0. The summed E-state index contributed by atoms with van der Waals surface area (Å²) in [5, 5.41) is 12.3. The summed E-state index contributed by atoms with van der Waals surface area (Å²) in [6, 6.07) is -0.377. The van der Waals surface area contributed by atoms with Crippen molar-refractivity contribution in [3.8, 4) is 0 Å². The molecule has 1 aliphatic rings. The minimum atomic E-state index is -3.43. The van der Waals surface area contributed by atoms with Crippen LogP contribution in [0.25, 0.3) is 0 Å². The Kier molecular flexibility index (Phi) is 3.25. The third kappa shape index (κ3) is 2.18. The third-order valence-corrected chi connectivity index (χ3v) is 3.80. The smallest absolute Gasteiger partial charge is 0.279 e. The lowest BCUT2D eigenvalue weighted by Gasteiger charge is -2.24. The van der Waals surface area contributed by atoms with Crippen LogP contribution in [0, 0.1) is 0 Å². The molecule has 0 spiro atoms. The van der Waals surface area contributed by atoms with Gasteiger partial charge >= 0.3 is 0 Å². The SMILES string of the molecule is CNS(=O)(=O)N(C)[C@@H]1CNC[C@H]1O. The van der Waals surface area contributed by atoms with Crippen LogP contribution in [0.15, 0.2) is 0 Å². The highest BCUT2D eigenvalue weighted by Crippen LogP contribution is 2.09. The zero-order chi connectivity index (χ0) is 10.1. The Labute approximate surface area is 78.1 Å². The van der Waals surface area contributed by atoms with Gasteiger partial charge in [0, 0.05) is 27.2 Å². The van der Waals surface area contributed by atoms with Crippen LogP contribution in [0.1, 0.15) is 0 Å². The van der Waals surface area contributed by atoms with Crippen LogP contribution >= 0.6 is 0 Å². The summed E-state index contributed by atoms with van der Waals surface area (Å²) in [4.78, 5) is 0. The molecule has 0 aromatic rings. The van der Waals surface area contributed by atoms with E-state index in [1.165, 1.54) is 14.1 Å². The van der Waals surface area contributed by atoms with Crippen molar-refractivity contribution in [3.63, 3.8) is 0 Å². The summed E-state index contributed by atoms with van der Waals surface area (Å²) in [6.45, 7) is 0.923. The Morgan fingerprint density at radius 3 is 2.54 bits per heavy atom. The zero-order valence-electron chi connectivity index (χ0n) is 7.69. The lowest BCUT2D eigenvalue weighted by Crippen LogP contribution is -2.48. The van der Waals surface area contributed by atoms with E-state index in [1.807, 2.05) is 0 Å². The van der Waals surface area contributed by atoms with Gasteiger partial charge in [-0.15, -0.1) is 0 Å². The molecule has 78 valence electrons. The quantitative estimate of drug-likeness (QED) is 0.489. The van der Waals surface area contributed by atoms with Crippen LogP contribution < -0.4 is 10.0 Å². The van der Waals surface area contributed by atoms with Gasteiger partial charge in [-0.1, -0.05) is 0 Å². The van der Waals surface area contributed by atoms with Gasteiger partial charge in [0.15, 0.2) is 0 Å². The van der Waals surface area contributed by atoms with Gasteiger partial charge in [0.2, 0.25) is 0 Å². The van der Waals surface area contributed by atoms with E-state index in [2.05, 4.69) is 10.0 Å². The van der Waals surface area contributed by atoms with Crippen molar-refractivity contribution >= 4 is 10.2 Å². The fourth-order valence-electron chi connectivity index (χ4n) is 1.34. The Morgan fingerprint density at radius 1 is 1.54 bits per heavy atom. The molecule has 0 amide bonds. The van der Waals surface area contributed by atoms with Gasteiger partial charge in [-0.25, -0.2) is 4.72 Å². The molecule has 1 saturated heterocycles. The highest BCUT2D eigenvalue weighted by atomic mass is 32.2. The van der Waals surface area contributed by atoms with E-state index in [1.54, 1.807) is 0 Å². The highest BCUT2D eigenvalue weighted by molar-refractivity contribution is 7.87. The first-order chi connectivity index (χ1) is 5.99. The predicted octanol–water partition coefficient (Wildman–Crippen LogP) is -2.28. The van der Waals surface area contributed by atoms with E-state index in [4.69, 9.17) is 0 Å². The summed E-state index contributed by atoms with van der Waals surface area (Å²) < 4.78 is 26.0. The predicted molar refractivity (Wildman–Crippen MR) is 48.4 cm³/mol. The maximum atomic E-state index is 11.3. The zero-order valence-corrected chi connectivity index (χ0v) is 8.50.